The number of hydrogen-bond donors (Lipinski definition) is 1. The number of amides is 1. The van der Waals surface area contributed by atoms with Crippen LogP contribution in [0.5, 0.6) is 0 Å². The van der Waals surface area contributed by atoms with E-state index in [1.165, 1.54) is 11.8 Å². The highest BCUT2D eigenvalue weighted by molar-refractivity contribution is 8.00. The van der Waals surface area contributed by atoms with Gasteiger partial charge in [0.2, 0.25) is 11.1 Å². The number of nitrogens with one attached hydrogen (secondary N) is 1. The minimum atomic E-state index is -0.401. The molecule has 142 valence electrons. The molecule has 3 rings (SSSR count). The number of tetrazole rings is 1. The molecule has 1 aromatic carbocycles. The van der Waals surface area contributed by atoms with Crippen LogP contribution in [0.4, 0.5) is 5.82 Å². The van der Waals surface area contributed by atoms with E-state index in [1.807, 2.05) is 23.7 Å². The Morgan fingerprint density at radius 2 is 2.00 bits per heavy atom. The minimum absolute atomic E-state index is 0.143. The number of anilines is 1. The van der Waals surface area contributed by atoms with Gasteiger partial charge in [-0.25, -0.2) is 4.68 Å². The molecule has 0 aliphatic carbocycles. The normalized spacial score (nSPS) is 13.3. The summed E-state index contributed by atoms with van der Waals surface area (Å²) in [5, 5.41) is 19.7. The standard InChI is InChI=1S/C17H20ClN7OS/c1-4-11(2)24-15(9-10-19-24)20-16(26)12(3)27-17-21-22-23-25(17)14-7-5-13(18)6-8-14/h5-12H,4H2,1-3H3,(H,20,26)/t11-,12-/m1/s1. The molecule has 0 radical (unpaired) electrons. The first-order valence-electron chi connectivity index (χ1n) is 8.55. The average Bonchev–Trinajstić information content (AvgIpc) is 3.31. The molecule has 2 aromatic heterocycles. The first-order valence-corrected chi connectivity index (χ1v) is 9.80. The maximum atomic E-state index is 12.6. The number of carbonyl (C=O) groups is 1. The van der Waals surface area contributed by atoms with Crippen LogP contribution in [0, 0.1) is 0 Å². The van der Waals surface area contributed by atoms with E-state index in [1.54, 1.807) is 29.1 Å². The van der Waals surface area contributed by atoms with Crippen molar-refractivity contribution in [3.05, 3.63) is 41.6 Å². The fraction of sp³-hybridized carbons (Fsp3) is 0.353. The molecule has 0 aliphatic rings. The van der Waals surface area contributed by atoms with Gasteiger partial charge in [0.25, 0.3) is 0 Å². The Balaban J connectivity index is 1.70. The SMILES string of the molecule is CC[C@@H](C)n1nccc1NC(=O)[C@@H](C)Sc1nnnn1-c1ccc(Cl)cc1. The zero-order chi connectivity index (χ0) is 19.4. The summed E-state index contributed by atoms with van der Waals surface area (Å²) >= 11 is 7.20. The molecule has 0 bridgehead atoms. The van der Waals surface area contributed by atoms with Crippen molar-refractivity contribution in [1.29, 1.82) is 0 Å². The highest BCUT2D eigenvalue weighted by Gasteiger charge is 2.21. The van der Waals surface area contributed by atoms with Crippen molar-refractivity contribution in [3.8, 4) is 5.69 Å². The third-order valence-electron chi connectivity index (χ3n) is 4.09. The molecule has 10 heteroatoms. The van der Waals surface area contributed by atoms with Crippen molar-refractivity contribution in [2.24, 2.45) is 0 Å². The van der Waals surface area contributed by atoms with Gasteiger partial charge in [-0.05, 0) is 55.0 Å². The van der Waals surface area contributed by atoms with Gasteiger partial charge in [0.1, 0.15) is 5.82 Å². The molecule has 0 saturated heterocycles. The first-order chi connectivity index (χ1) is 13.0. The average molecular weight is 406 g/mol. The van der Waals surface area contributed by atoms with Crippen molar-refractivity contribution < 1.29 is 4.79 Å². The van der Waals surface area contributed by atoms with Crippen molar-refractivity contribution >= 4 is 35.1 Å². The monoisotopic (exact) mass is 405 g/mol. The molecule has 0 spiro atoms. The summed E-state index contributed by atoms with van der Waals surface area (Å²) in [5.41, 5.74) is 0.773. The fourth-order valence-electron chi connectivity index (χ4n) is 2.37. The van der Waals surface area contributed by atoms with E-state index < -0.39 is 5.25 Å². The van der Waals surface area contributed by atoms with Gasteiger partial charge in [-0.3, -0.25) is 4.79 Å². The lowest BCUT2D eigenvalue weighted by molar-refractivity contribution is -0.115. The van der Waals surface area contributed by atoms with Crippen molar-refractivity contribution in [3.63, 3.8) is 0 Å². The number of aromatic nitrogens is 6. The topological polar surface area (TPSA) is 90.5 Å². The van der Waals surface area contributed by atoms with Gasteiger partial charge in [0.05, 0.1) is 23.2 Å². The molecule has 27 heavy (non-hydrogen) atoms. The van der Waals surface area contributed by atoms with E-state index in [0.717, 1.165) is 12.1 Å². The highest BCUT2D eigenvalue weighted by Crippen LogP contribution is 2.25. The van der Waals surface area contributed by atoms with E-state index in [2.05, 4.69) is 39.8 Å². The summed E-state index contributed by atoms with van der Waals surface area (Å²) in [7, 11) is 0. The number of nitrogens with zero attached hydrogens (tertiary/aromatic N) is 6. The molecular weight excluding hydrogens is 386 g/mol. The maximum Gasteiger partial charge on any atom is 0.238 e. The molecule has 0 fully saturated rings. The maximum absolute atomic E-state index is 12.6. The van der Waals surface area contributed by atoms with Crippen LogP contribution < -0.4 is 5.32 Å². The van der Waals surface area contributed by atoms with Crippen LogP contribution in [-0.4, -0.2) is 41.1 Å². The lowest BCUT2D eigenvalue weighted by Gasteiger charge is -2.16. The number of benzene rings is 1. The molecule has 8 nitrogen and oxygen atoms in total. The molecule has 3 aromatic rings. The molecule has 0 aliphatic heterocycles. The van der Waals surface area contributed by atoms with E-state index in [-0.39, 0.29) is 11.9 Å². The lowest BCUT2D eigenvalue weighted by Crippen LogP contribution is -2.25. The molecule has 0 unspecified atom stereocenters. The van der Waals surface area contributed by atoms with Crippen LogP contribution in [0.3, 0.4) is 0 Å². The van der Waals surface area contributed by atoms with E-state index in [4.69, 9.17) is 11.6 Å². The Hall–Kier alpha value is -2.39. The first kappa shape index (κ1) is 19.4. The molecule has 2 atom stereocenters. The summed E-state index contributed by atoms with van der Waals surface area (Å²) in [6.45, 7) is 5.94. The number of carbonyl (C=O) groups excluding carboxylic acids is 1. The van der Waals surface area contributed by atoms with Gasteiger partial charge in [-0.15, -0.1) is 5.10 Å². The minimum Gasteiger partial charge on any atom is -0.310 e. The van der Waals surface area contributed by atoms with Crippen molar-refractivity contribution in [2.45, 2.75) is 43.6 Å². The molecular formula is C17H20ClN7OS. The second-order valence-corrected chi connectivity index (χ2v) is 7.76. The van der Waals surface area contributed by atoms with Gasteiger partial charge >= 0.3 is 0 Å². The summed E-state index contributed by atoms with van der Waals surface area (Å²) in [4.78, 5) is 12.6. The number of thioether (sulfide) groups is 1. The summed E-state index contributed by atoms with van der Waals surface area (Å²) in [6.07, 6.45) is 2.60. The number of halogens is 1. The van der Waals surface area contributed by atoms with E-state index in [9.17, 15) is 4.79 Å². The number of hydrogen-bond acceptors (Lipinski definition) is 6. The van der Waals surface area contributed by atoms with Crippen LogP contribution in [0.25, 0.3) is 5.69 Å². The van der Waals surface area contributed by atoms with Crippen molar-refractivity contribution in [1.82, 2.24) is 30.0 Å². The van der Waals surface area contributed by atoms with Crippen LogP contribution in [0.2, 0.25) is 5.02 Å². The third-order valence-corrected chi connectivity index (χ3v) is 5.38. The second kappa shape index (κ2) is 8.53. The number of rotatable bonds is 7. The Labute approximate surface area is 166 Å². The fourth-order valence-corrected chi connectivity index (χ4v) is 3.31. The summed E-state index contributed by atoms with van der Waals surface area (Å²) in [6, 6.07) is 9.16. The molecule has 2 heterocycles. The smallest absolute Gasteiger partial charge is 0.238 e. The van der Waals surface area contributed by atoms with Crippen molar-refractivity contribution in [2.75, 3.05) is 5.32 Å². The largest absolute Gasteiger partial charge is 0.310 e. The van der Waals surface area contributed by atoms with Crippen LogP contribution in [0.1, 0.15) is 33.2 Å². The van der Waals surface area contributed by atoms with Crippen LogP contribution in [0.15, 0.2) is 41.7 Å². The van der Waals surface area contributed by atoms with Gasteiger partial charge in [0.15, 0.2) is 0 Å². The van der Waals surface area contributed by atoms with E-state index >= 15 is 0 Å². The lowest BCUT2D eigenvalue weighted by atomic mass is 10.3. The predicted octanol–water partition coefficient (Wildman–Crippen LogP) is 3.60. The Bertz CT molecular complexity index is 908. The predicted molar refractivity (Wildman–Crippen MR) is 105 cm³/mol. The zero-order valence-electron chi connectivity index (χ0n) is 15.2. The van der Waals surface area contributed by atoms with Crippen LogP contribution in [-0.2, 0) is 4.79 Å². The van der Waals surface area contributed by atoms with Gasteiger partial charge in [0, 0.05) is 11.1 Å². The van der Waals surface area contributed by atoms with Gasteiger partial charge in [-0.2, -0.15) is 9.78 Å². The van der Waals surface area contributed by atoms with Gasteiger partial charge in [-0.1, -0.05) is 30.3 Å². The van der Waals surface area contributed by atoms with Gasteiger partial charge < -0.3 is 5.32 Å². The third kappa shape index (κ3) is 4.48. The van der Waals surface area contributed by atoms with Crippen LogP contribution >= 0.6 is 23.4 Å². The second-order valence-electron chi connectivity index (χ2n) is 6.02. The van der Waals surface area contributed by atoms with E-state index in [0.29, 0.717) is 16.0 Å². The molecule has 0 saturated carbocycles. The Morgan fingerprint density at radius 3 is 2.70 bits per heavy atom. The Morgan fingerprint density at radius 1 is 1.26 bits per heavy atom. The highest BCUT2D eigenvalue weighted by atomic mass is 35.5. The Kier molecular flexibility index (Phi) is 6.12. The molecule has 1 amide bonds. The zero-order valence-corrected chi connectivity index (χ0v) is 16.8. The summed E-state index contributed by atoms with van der Waals surface area (Å²) < 4.78 is 3.39. The quantitative estimate of drug-likeness (QED) is 0.604. The summed E-state index contributed by atoms with van der Waals surface area (Å²) in [5.74, 6) is 0.537. The molecule has 1 N–H and O–H groups in total.